The molecule has 1 heterocycles. The predicted octanol–water partition coefficient (Wildman–Crippen LogP) is 4.70. The van der Waals surface area contributed by atoms with E-state index in [1.165, 1.54) is 34.9 Å². The van der Waals surface area contributed by atoms with E-state index in [0.717, 1.165) is 6.07 Å². The van der Waals surface area contributed by atoms with Gasteiger partial charge < -0.3 is 10.2 Å². The highest BCUT2D eigenvalue weighted by Gasteiger charge is 2.37. The second kappa shape index (κ2) is 6.78. The number of hydrogen-bond acceptors (Lipinski definition) is 3. The minimum Gasteiger partial charge on any atom is -0.508 e. The molecule has 0 aliphatic rings. The van der Waals surface area contributed by atoms with Gasteiger partial charge in [0.1, 0.15) is 11.6 Å². The number of nitrogens with zero attached hydrogens (tertiary/aromatic N) is 1. The van der Waals surface area contributed by atoms with Gasteiger partial charge >= 0.3 is 5.97 Å². The Balaban J connectivity index is 2.36. The summed E-state index contributed by atoms with van der Waals surface area (Å²) in [4.78, 5) is 25.3. The van der Waals surface area contributed by atoms with E-state index in [0.29, 0.717) is 22.2 Å². The van der Waals surface area contributed by atoms with Gasteiger partial charge in [0.05, 0.1) is 11.4 Å². The molecule has 3 aromatic rings. The lowest BCUT2D eigenvalue weighted by Crippen LogP contribution is -2.27. The maximum atomic E-state index is 13.6. The van der Waals surface area contributed by atoms with Crippen LogP contribution in [-0.2, 0) is 4.79 Å². The summed E-state index contributed by atoms with van der Waals surface area (Å²) in [7, 11) is 0. The van der Waals surface area contributed by atoms with Crippen LogP contribution in [0.4, 0.5) is 4.39 Å². The van der Waals surface area contributed by atoms with E-state index in [2.05, 4.69) is 0 Å². The van der Waals surface area contributed by atoms with Gasteiger partial charge in [-0.3, -0.25) is 14.2 Å². The second-order valence-electron chi connectivity index (χ2n) is 7.99. The molecule has 0 aliphatic heterocycles. The molecule has 0 spiro atoms. The fourth-order valence-electron chi connectivity index (χ4n) is 3.73. The molecule has 1 aromatic heterocycles. The third kappa shape index (κ3) is 3.26. The lowest BCUT2D eigenvalue weighted by atomic mass is 9.75. The third-order valence-electron chi connectivity index (χ3n) is 4.91. The van der Waals surface area contributed by atoms with E-state index in [4.69, 9.17) is 0 Å². The molecule has 1 atom stereocenters. The van der Waals surface area contributed by atoms with Gasteiger partial charge in [0.15, 0.2) is 0 Å². The lowest BCUT2D eigenvalue weighted by molar-refractivity contribution is -0.141. The number of aliphatic carboxylic acids is 1. The van der Waals surface area contributed by atoms with Gasteiger partial charge in [0, 0.05) is 16.6 Å². The molecule has 5 nitrogen and oxygen atoms in total. The number of aromatic hydroxyl groups is 1. The fourth-order valence-corrected chi connectivity index (χ4v) is 3.73. The van der Waals surface area contributed by atoms with E-state index in [-0.39, 0.29) is 11.3 Å². The largest absolute Gasteiger partial charge is 0.508 e. The molecule has 28 heavy (non-hydrogen) atoms. The first-order valence-corrected chi connectivity index (χ1v) is 8.89. The van der Waals surface area contributed by atoms with Crippen molar-refractivity contribution in [1.82, 2.24) is 4.57 Å². The number of phenols is 1. The van der Waals surface area contributed by atoms with Crippen molar-refractivity contribution < 1.29 is 24.2 Å². The summed E-state index contributed by atoms with van der Waals surface area (Å²) in [6.07, 6.45) is 0. The van der Waals surface area contributed by atoms with Crippen LogP contribution < -0.4 is 0 Å². The molecule has 146 valence electrons. The molecule has 0 amide bonds. The summed E-state index contributed by atoms with van der Waals surface area (Å²) in [5.74, 6) is -2.94. The maximum absolute atomic E-state index is 13.6. The van der Waals surface area contributed by atoms with Crippen LogP contribution in [0.15, 0.2) is 42.5 Å². The zero-order valence-corrected chi connectivity index (χ0v) is 16.2. The van der Waals surface area contributed by atoms with Gasteiger partial charge in [-0.25, -0.2) is 4.39 Å². The molecular weight excluding hydrogens is 361 g/mol. The molecule has 1 unspecified atom stereocenters. The van der Waals surface area contributed by atoms with Crippen molar-refractivity contribution in [3.63, 3.8) is 0 Å². The van der Waals surface area contributed by atoms with E-state index < -0.39 is 29.0 Å². The summed E-state index contributed by atoms with van der Waals surface area (Å²) in [6, 6.07) is 9.83. The van der Waals surface area contributed by atoms with Crippen molar-refractivity contribution in [1.29, 1.82) is 0 Å². The van der Waals surface area contributed by atoms with Crippen LogP contribution in [0.2, 0.25) is 0 Å². The number of carbonyl (C=O) groups is 2. The van der Waals surface area contributed by atoms with E-state index in [1.54, 1.807) is 13.0 Å². The Morgan fingerprint density at radius 2 is 1.79 bits per heavy atom. The SMILES string of the molecule is Cc1c(C(C(=O)O)C(C)(C)C)c2cc(O)ccc2n1C(=O)c1cccc(F)c1. The zero-order valence-electron chi connectivity index (χ0n) is 16.2. The van der Waals surface area contributed by atoms with Crippen LogP contribution in [0.3, 0.4) is 0 Å². The van der Waals surface area contributed by atoms with Crippen LogP contribution in [-0.4, -0.2) is 26.7 Å². The van der Waals surface area contributed by atoms with Crippen LogP contribution in [0.1, 0.15) is 48.3 Å². The number of carboxylic acid groups (broad SMARTS) is 1. The van der Waals surface area contributed by atoms with Gasteiger partial charge in [-0.2, -0.15) is 0 Å². The average Bonchev–Trinajstić information content (AvgIpc) is 2.85. The molecule has 0 saturated heterocycles. The summed E-state index contributed by atoms with van der Waals surface area (Å²) >= 11 is 0. The minimum absolute atomic E-state index is 0.0258. The summed E-state index contributed by atoms with van der Waals surface area (Å²) < 4.78 is 15.0. The normalized spacial score (nSPS) is 12.9. The standard InChI is InChI=1S/C22H22FNO4/c1-12-18(19(21(27)28)22(2,3)4)16-11-15(25)8-9-17(16)24(12)20(26)13-6-5-7-14(23)10-13/h5-11,19,25H,1-4H3,(H,27,28). The zero-order chi connectivity index (χ0) is 20.8. The number of rotatable bonds is 3. The fraction of sp³-hybridized carbons (Fsp3) is 0.273. The Kier molecular flexibility index (Phi) is 4.75. The average molecular weight is 383 g/mol. The molecule has 0 bridgehead atoms. The Bertz CT molecular complexity index is 1090. The first-order chi connectivity index (χ1) is 13.0. The first kappa shape index (κ1) is 19.6. The number of carboxylic acids is 1. The number of phenolic OH excluding ortho intramolecular Hbond substituents is 1. The topological polar surface area (TPSA) is 79.5 Å². The van der Waals surface area contributed by atoms with Gasteiger partial charge in [0.2, 0.25) is 0 Å². The third-order valence-corrected chi connectivity index (χ3v) is 4.91. The predicted molar refractivity (Wildman–Crippen MR) is 104 cm³/mol. The molecule has 2 N–H and O–H groups in total. The molecule has 6 heteroatoms. The molecule has 0 saturated carbocycles. The Labute approximate surface area is 162 Å². The molecule has 0 aliphatic carbocycles. The number of fused-ring (bicyclic) bond motifs is 1. The smallest absolute Gasteiger partial charge is 0.311 e. The summed E-state index contributed by atoms with van der Waals surface area (Å²) in [5, 5.41) is 20.4. The molecule has 2 aromatic carbocycles. The molecule has 0 radical (unpaired) electrons. The number of halogens is 1. The van der Waals surface area contributed by atoms with Gasteiger partial charge in [-0.05, 0) is 54.3 Å². The van der Waals surface area contributed by atoms with Crippen LogP contribution in [0.25, 0.3) is 10.9 Å². The number of benzene rings is 2. The van der Waals surface area contributed by atoms with Crippen molar-refractivity contribution in [3.05, 3.63) is 65.1 Å². The highest BCUT2D eigenvalue weighted by molar-refractivity contribution is 6.05. The molecular formula is C22H22FNO4. The lowest BCUT2D eigenvalue weighted by Gasteiger charge is -2.27. The highest BCUT2D eigenvalue weighted by Crippen LogP contribution is 2.42. The Morgan fingerprint density at radius 1 is 1.11 bits per heavy atom. The van der Waals surface area contributed by atoms with Crippen LogP contribution >= 0.6 is 0 Å². The summed E-state index contributed by atoms with van der Waals surface area (Å²) in [6.45, 7) is 7.11. The van der Waals surface area contributed by atoms with Gasteiger partial charge in [-0.15, -0.1) is 0 Å². The van der Waals surface area contributed by atoms with Crippen molar-refractivity contribution >= 4 is 22.8 Å². The Morgan fingerprint density at radius 3 is 2.36 bits per heavy atom. The molecule has 3 rings (SSSR count). The van der Waals surface area contributed by atoms with Gasteiger partial charge in [0.25, 0.3) is 5.91 Å². The Hall–Kier alpha value is -3.15. The highest BCUT2D eigenvalue weighted by atomic mass is 19.1. The van der Waals surface area contributed by atoms with Crippen LogP contribution in [0, 0.1) is 18.2 Å². The van der Waals surface area contributed by atoms with Gasteiger partial charge in [-0.1, -0.05) is 26.8 Å². The van der Waals surface area contributed by atoms with Crippen LogP contribution in [0.5, 0.6) is 5.75 Å². The first-order valence-electron chi connectivity index (χ1n) is 8.89. The molecule has 0 fully saturated rings. The maximum Gasteiger partial charge on any atom is 0.311 e. The number of aromatic nitrogens is 1. The number of hydrogen-bond donors (Lipinski definition) is 2. The monoisotopic (exact) mass is 383 g/mol. The summed E-state index contributed by atoms with van der Waals surface area (Å²) in [5.41, 5.74) is 0.911. The van der Waals surface area contributed by atoms with E-state index in [1.807, 2.05) is 20.8 Å². The second-order valence-corrected chi connectivity index (χ2v) is 7.99. The van der Waals surface area contributed by atoms with Crippen molar-refractivity contribution in [2.24, 2.45) is 5.41 Å². The quantitative estimate of drug-likeness (QED) is 0.687. The number of carbonyl (C=O) groups excluding carboxylic acids is 1. The minimum atomic E-state index is -1.02. The van der Waals surface area contributed by atoms with Crippen molar-refractivity contribution in [2.75, 3.05) is 0 Å². The van der Waals surface area contributed by atoms with Crippen molar-refractivity contribution in [3.8, 4) is 5.75 Å². The van der Waals surface area contributed by atoms with E-state index >= 15 is 0 Å². The van der Waals surface area contributed by atoms with E-state index in [9.17, 15) is 24.2 Å². The van der Waals surface area contributed by atoms with Crippen molar-refractivity contribution in [2.45, 2.75) is 33.6 Å².